The summed E-state index contributed by atoms with van der Waals surface area (Å²) in [7, 11) is 0. The van der Waals surface area contributed by atoms with Gasteiger partial charge >= 0.3 is 0 Å². The number of nitrogens with zero attached hydrogens (tertiary/aromatic N) is 3. The summed E-state index contributed by atoms with van der Waals surface area (Å²) in [6.07, 6.45) is 1.79. The molecular formula is C21H25N3. The fourth-order valence-electron chi connectivity index (χ4n) is 2.94. The zero-order valence-electron chi connectivity index (χ0n) is 14.6. The van der Waals surface area contributed by atoms with Crippen LogP contribution >= 0.6 is 0 Å². The maximum atomic E-state index is 4.23. The molecule has 0 N–H and O–H groups in total. The van der Waals surface area contributed by atoms with Crippen molar-refractivity contribution in [3.05, 3.63) is 65.0 Å². The highest BCUT2D eigenvalue weighted by atomic mass is 15.3. The summed E-state index contributed by atoms with van der Waals surface area (Å²) in [6.45, 7) is 10.6. The normalized spacial score (nSPS) is 15.8. The highest BCUT2D eigenvalue weighted by Crippen LogP contribution is 2.13. The molecule has 124 valence electrons. The van der Waals surface area contributed by atoms with Crippen molar-refractivity contribution in [3.8, 4) is 11.8 Å². The standard InChI is InChI=1S/C21H25N3/c1-18-8-9-20(16-19(18)2)17-24-14-12-23(13-15-24)11-5-7-21-6-3-4-10-22-21/h3-4,6,8-10,16H,11-15,17H2,1-2H3. The van der Waals surface area contributed by atoms with Crippen LogP contribution in [-0.2, 0) is 6.54 Å². The Morgan fingerprint density at radius 2 is 1.75 bits per heavy atom. The third-order valence-corrected chi connectivity index (χ3v) is 4.63. The van der Waals surface area contributed by atoms with Crippen LogP contribution in [0.15, 0.2) is 42.6 Å². The molecule has 3 nitrogen and oxygen atoms in total. The number of hydrogen-bond donors (Lipinski definition) is 0. The van der Waals surface area contributed by atoms with Gasteiger partial charge in [-0.15, -0.1) is 0 Å². The lowest BCUT2D eigenvalue weighted by Gasteiger charge is -2.33. The minimum atomic E-state index is 0.827. The molecule has 1 aliphatic heterocycles. The van der Waals surface area contributed by atoms with Crippen molar-refractivity contribution in [2.24, 2.45) is 0 Å². The Morgan fingerprint density at radius 3 is 2.46 bits per heavy atom. The van der Waals surface area contributed by atoms with Gasteiger partial charge < -0.3 is 0 Å². The van der Waals surface area contributed by atoms with Gasteiger partial charge in [-0.2, -0.15) is 0 Å². The van der Waals surface area contributed by atoms with Gasteiger partial charge in [-0.25, -0.2) is 4.98 Å². The highest BCUT2D eigenvalue weighted by Gasteiger charge is 2.16. The zero-order valence-corrected chi connectivity index (χ0v) is 14.6. The molecule has 0 atom stereocenters. The summed E-state index contributed by atoms with van der Waals surface area (Å²) < 4.78 is 0. The van der Waals surface area contributed by atoms with E-state index in [9.17, 15) is 0 Å². The van der Waals surface area contributed by atoms with E-state index in [1.165, 1.54) is 16.7 Å². The molecule has 0 radical (unpaired) electrons. The average Bonchev–Trinajstić information content (AvgIpc) is 2.61. The van der Waals surface area contributed by atoms with E-state index in [1.807, 2.05) is 18.2 Å². The Bertz CT molecular complexity index is 720. The molecule has 0 aliphatic carbocycles. The fraction of sp³-hybridized carbons (Fsp3) is 0.381. The van der Waals surface area contributed by atoms with Gasteiger partial charge in [0.2, 0.25) is 0 Å². The Labute approximate surface area is 145 Å². The molecule has 0 unspecified atom stereocenters. The lowest BCUT2D eigenvalue weighted by Crippen LogP contribution is -2.45. The van der Waals surface area contributed by atoms with Crippen molar-refractivity contribution < 1.29 is 0 Å². The van der Waals surface area contributed by atoms with Gasteiger partial charge in [0.05, 0.1) is 6.54 Å². The van der Waals surface area contributed by atoms with Crippen molar-refractivity contribution in [1.82, 2.24) is 14.8 Å². The van der Waals surface area contributed by atoms with Crippen LogP contribution in [0.25, 0.3) is 0 Å². The van der Waals surface area contributed by atoms with E-state index in [0.717, 1.165) is 45.0 Å². The zero-order chi connectivity index (χ0) is 16.8. The second-order valence-corrected chi connectivity index (χ2v) is 6.49. The lowest BCUT2D eigenvalue weighted by atomic mass is 10.1. The first kappa shape index (κ1) is 16.7. The van der Waals surface area contributed by atoms with Gasteiger partial charge in [0.25, 0.3) is 0 Å². The molecule has 3 heteroatoms. The van der Waals surface area contributed by atoms with Gasteiger partial charge in [-0.05, 0) is 48.6 Å². The summed E-state index contributed by atoms with van der Waals surface area (Å²) in [5.74, 6) is 6.38. The van der Waals surface area contributed by atoms with Gasteiger partial charge in [-0.1, -0.05) is 30.2 Å². The Balaban J connectivity index is 1.46. The first-order chi connectivity index (χ1) is 11.7. The second-order valence-electron chi connectivity index (χ2n) is 6.49. The van der Waals surface area contributed by atoms with Crippen molar-refractivity contribution in [2.75, 3.05) is 32.7 Å². The first-order valence-electron chi connectivity index (χ1n) is 8.61. The van der Waals surface area contributed by atoms with Crippen LogP contribution in [0.3, 0.4) is 0 Å². The van der Waals surface area contributed by atoms with Gasteiger partial charge in [0, 0.05) is 38.9 Å². The predicted octanol–water partition coefficient (Wildman–Crippen LogP) is 2.87. The maximum absolute atomic E-state index is 4.23. The number of piperazine rings is 1. The third kappa shape index (κ3) is 4.67. The monoisotopic (exact) mass is 319 g/mol. The molecule has 1 fully saturated rings. The van der Waals surface area contributed by atoms with E-state index in [1.54, 1.807) is 6.20 Å². The number of benzene rings is 1. The van der Waals surface area contributed by atoms with E-state index in [4.69, 9.17) is 0 Å². The number of aryl methyl sites for hydroxylation is 2. The first-order valence-corrected chi connectivity index (χ1v) is 8.61. The van der Waals surface area contributed by atoms with Crippen molar-refractivity contribution in [1.29, 1.82) is 0 Å². The largest absolute Gasteiger partial charge is 0.297 e. The Morgan fingerprint density at radius 1 is 0.958 bits per heavy atom. The van der Waals surface area contributed by atoms with E-state index in [0.29, 0.717) is 0 Å². The minimum absolute atomic E-state index is 0.827. The molecular weight excluding hydrogens is 294 g/mol. The Hall–Kier alpha value is -2.15. The second kappa shape index (κ2) is 8.10. The van der Waals surface area contributed by atoms with Crippen LogP contribution in [0.4, 0.5) is 0 Å². The average molecular weight is 319 g/mol. The molecule has 0 saturated carbocycles. The fourth-order valence-corrected chi connectivity index (χ4v) is 2.94. The molecule has 24 heavy (non-hydrogen) atoms. The lowest BCUT2D eigenvalue weighted by molar-refractivity contribution is 0.138. The van der Waals surface area contributed by atoms with Crippen molar-refractivity contribution in [3.63, 3.8) is 0 Å². The molecule has 1 aliphatic rings. The Kier molecular flexibility index (Phi) is 5.63. The van der Waals surface area contributed by atoms with Crippen LogP contribution in [0.2, 0.25) is 0 Å². The molecule has 2 aromatic rings. The molecule has 0 bridgehead atoms. The summed E-state index contributed by atoms with van der Waals surface area (Å²) in [5, 5.41) is 0. The summed E-state index contributed by atoms with van der Waals surface area (Å²) in [5.41, 5.74) is 5.03. The van der Waals surface area contributed by atoms with Gasteiger partial charge in [0.15, 0.2) is 0 Å². The highest BCUT2D eigenvalue weighted by molar-refractivity contribution is 5.30. The van der Waals surface area contributed by atoms with E-state index < -0.39 is 0 Å². The van der Waals surface area contributed by atoms with Gasteiger partial charge in [-0.3, -0.25) is 9.80 Å². The topological polar surface area (TPSA) is 19.4 Å². The van der Waals surface area contributed by atoms with Crippen LogP contribution in [0.5, 0.6) is 0 Å². The summed E-state index contributed by atoms with van der Waals surface area (Å²) in [4.78, 5) is 9.19. The van der Waals surface area contributed by atoms with Gasteiger partial charge in [0.1, 0.15) is 5.69 Å². The van der Waals surface area contributed by atoms with Crippen LogP contribution < -0.4 is 0 Å². The molecule has 0 spiro atoms. The smallest absolute Gasteiger partial charge is 0.113 e. The molecule has 2 heterocycles. The SMILES string of the molecule is Cc1ccc(CN2CCN(CC#Cc3ccccn3)CC2)cc1C. The molecule has 3 rings (SSSR count). The maximum Gasteiger partial charge on any atom is 0.113 e. The van der Waals surface area contributed by atoms with Crippen molar-refractivity contribution >= 4 is 0 Å². The molecule has 1 saturated heterocycles. The number of aromatic nitrogens is 1. The van der Waals surface area contributed by atoms with E-state index in [-0.39, 0.29) is 0 Å². The van der Waals surface area contributed by atoms with Crippen LogP contribution in [0.1, 0.15) is 22.4 Å². The molecule has 0 amide bonds. The van der Waals surface area contributed by atoms with E-state index in [2.05, 4.69) is 58.7 Å². The quantitative estimate of drug-likeness (QED) is 0.811. The number of hydrogen-bond acceptors (Lipinski definition) is 3. The van der Waals surface area contributed by atoms with E-state index >= 15 is 0 Å². The van der Waals surface area contributed by atoms with Crippen LogP contribution in [-0.4, -0.2) is 47.5 Å². The number of pyridine rings is 1. The number of rotatable bonds is 3. The summed E-state index contributed by atoms with van der Waals surface area (Å²) in [6, 6.07) is 12.7. The van der Waals surface area contributed by atoms with Crippen molar-refractivity contribution in [2.45, 2.75) is 20.4 Å². The van der Waals surface area contributed by atoms with Crippen LogP contribution in [0, 0.1) is 25.7 Å². The third-order valence-electron chi connectivity index (χ3n) is 4.63. The summed E-state index contributed by atoms with van der Waals surface area (Å²) >= 11 is 0. The predicted molar refractivity (Wildman–Crippen MR) is 98.7 cm³/mol. The minimum Gasteiger partial charge on any atom is -0.297 e. The molecule has 1 aromatic heterocycles. The molecule has 1 aromatic carbocycles.